The van der Waals surface area contributed by atoms with Gasteiger partial charge in [-0.05, 0) is 36.2 Å². The van der Waals surface area contributed by atoms with E-state index in [2.05, 4.69) is 23.6 Å². The molecule has 0 fully saturated rings. The second-order valence-corrected chi connectivity index (χ2v) is 5.50. The summed E-state index contributed by atoms with van der Waals surface area (Å²) in [5.74, 6) is 1.29. The van der Waals surface area contributed by atoms with Gasteiger partial charge in [-0.2, -0.15) is 0 Å². The molecular formula is C17H16ClFN2. The van der Waals surface area contributed by atoms with Crippen molar-refractivity contribution in [3.63, 3.8) is 0 Å². The van der Waals surface area contributed by atoms with Gasteiger partial charge in [0.15, 0.2) is 0 Å². The van der Waals surface area contributed by atoms with E-state index in [1.807, 2.05) is 6.07 Å². The maximum absolute atomic E-state index is 13.0. The van der Waals surface area contributed by atoms with Gasteiger partial charge in [-0.1, -0.05) is 24.3 Å². The molecule has 0 aliphatic carbocycles. The van der Waals surface area contributed by atoms with E-state index in [-0.39, 0.29) is 5.82 Å². The van der Waals surface area contributed by atoms with Gasteiger partial charge in [-0.3, -0.25) is 0 Å². The number of fused-ring (bicyclic) bond motifs is 1. The van der Waals surface area contributed by atoms with Crippen LogP contribution in [0, 0.1) is 12.7 Å². The molecule has 0 saturated heterocycles. The molecule has 108 valence electrons. The van der Waals surface area contributed by atoms with Crippen LogP contribution < -0.4 is 0 Å². The maximum atomic E-state index is 13.0. The van der Waals surface area contributed by atoms with Crippen LogP contribution in [0.3, 0.4) is 0 Å². The summed E-state index contributed by atoms with van der Waals surface area (Å²) < 4.78 is 15.2. The fourth-order valence-electron chi connectivity index (χ4n) is 2.56. The Morgan fingerprint density at radius 2 is 1.90 bits per heavy atom. The number of halogens is 2. The summed E-state index contributed by atoms with van der Waals surface area (Å²) in [5, 5.41) is 0. The van der Waals surface area contributed by atoms with Crippen molar-refractivity contribution in [1.82, 2.24) is 9.55 Å². The lowest BCUT2D eigenvalue weighted by molar-refractivity contribution is 0.626. The first-order chi connectivity index (χ1) is 10.2. The van der Waals surface area contributed by atoms with Gasteiger partial charge in [0.2, 0.25) is 0 Å². The summed E-state index contributed by atoms with van der Waals surface area (Å²) >= 11 is 5.90. The third-order valence-electron chi connectivity index (χ3n) is 3.63. The number of nitrogens with zero attached hydrogens (tertiary/aromatic N) is 2. The Labute approximate surface area is 128 Å². The number of hydrogen-bond acceptors (Lipinski definition) is 1. The van der Waals surface area contributed by atoms with Crippen molar-refractivity contribution in [2.24, 2.45) is 0 Å². The van der Waals surface area contributed by atoms with E-state index in [1.54, 1.807) is 12.1 Å². The molecule has 3 aromatic rings. The molecule has 1 heterocycles. The molecule has 0 aliphatic heterocycles. The molecular weight excluding hydrogens is 287 g/mol. The molecule has 0 N–H and O–H groups in total. The minimum Gasteiger partial charge on any atom is -0.323 e. The predicted octanol–water partition coefficient (Wildman–Crippen LogP) is 4.31. The third-order valence-corrected chi connectivity index (χ3v) is 3.82. The molecule has 3 rings (SSSR count). The Morgan fingerprint density at radius 1 is 1.14 bits per heavy atom. The van der Waals surface area contributed by atoms with Crippen LogP contribution in [0.4, 0.5) is 4.39 Å². The van der Waals surface area contributed by atoms with E-state index >= 15 is 0 Å². The van der Waals surface area contributed by atoms with E-state index in [0.717, 1.165) is 34.4 Å². The average molecular weight is 303 g/mol. The molecule has 2 nitrogen and oxygen atoms in total. The van der Waals surface area contributed by atoms with Crippen LogP contribution in [0.5, 0.6) is 0 Å². The zero-order valence-electron chi connectivity index (χ0n) is 11.8. The van der Waals surface area contributed by atoms with E-state index in [4.69, 9.17) is 16.6 Å². The van der Waals surface area contributed by atoms with E-state index in [1.165, 1.54) is 12.1 Å². The van der Waals surface area contributed by atoms with Crippen molar-refractivity contribution in [3.05, 3.63) is 65.2 Å². The van der Waals surface area contributed by atoms with Gasteiger partial charge in [0.25, 0.3) is 0 Å². The van der Waals surface area contributed by atoms with Crippen molar-refractivity contribution in [3.8, 4) is 0 Å². The summed E-state index contributed by atoms with van der Waals surface area (Å²) in [6, 6.07) is 12.7. The van der Waals surface area contributed by atoms with Gasteiger partial charge in [0.1, 0.15) is 11.6 Å². The Kier molecular flexibility index (Phi) is 3.93. The highest BCUT2D eigenvalue weighted by Gasteiger charge is 2.12. The molecule has 0 saturated carbocycles. The van der Waals surface area contributed by atoms with Gasteiger partial charge in [0, 0.05) is 18.8 Å². The molecule has 0 bridgehead atoms. The van der Waals surface area contributed by atoms with Crippen molar-refractivity contribution in [1.29, 1.82) is 0 Å². The number of rotatable bonds is 4. The van der Waals surface area contributed by atoms with Crippen LogP contribution >= 0.6 is 11.6 Å². The van der Waals surface area contributed by atoms with E-state index < -0.39 is 0 Å². The zero-order valence-corrected chi connectivity index (χ0v) is 12.6. The normalized spacial score (nSPS) is 11.2. The predicted molar refractivity (Wildman–Crippen MR) is 84.4 cm³/mol. The van der Waals surface area contributed by atoms with Crippen molar-refractivity contribution in [2.45, 2.75) is 19.9 Å². The highest BCUT2D eigenvalue weighted by molar-refractivity contribution is 6.17. The number of para-hydroxylation sites is 1. The highest BCUT2D eigenvalue weighted by Crippen LogP contribution is 2.21. The summed E-state index contributed by atoms with van der Waals surface area (Å²) in [5.41, 5.74) is 4.31. The van der Waals surface area contributed by atoms with Crippen LogP contribution in [0.25, 0.3) is 11.0 Å². The minimum atomic E-state index is -0.217. The first kappa shape index (κ1) is 14.1. The Morgan fingerprint density at radius 3 is 2.62 bits per heavy atom. The van der Waals surface area contributed by atoms with Gasteiger partial charge in [-0.25, -0.2) is 9.37 Å². The summed E-state index contributed by atoms with van der Waals surface area (Å²) in [4.78, 5) is 4.72. The lowest BCUT2D eigenvalue weighted by atomic mass is 10.2. The second-order valence-electron chi connectivity index (χ2n) is 5.12. The Hall–Kier alpha value is -1.87. The molecule has 0 aliphatic rings. The number of hydrogen-bond donors (Lipinski definition) is 0. The molecule has 1 aromatic heterocycles. The summed E-state index contributed by atoms with van der Waals surface area (Å²) in [7, 11) is 0. The molecule has 0 unspecified atom stereocenters. The third kappa shape index (κ3) is 2.79. The zero-order chi connectivity index (χ0) is 14.8. The largest absolute Gasteiger partial charge is 0.323 e. The first-order valence-corrected chi connectivity index (χ1v) is 7.47. The summed E-state index contributed by atoms with van der Waals surface area (Å²) in [6.07, 6.45) is 0.719. The fraction of sp³-hybridized carbons (Fsp3) is 0.235. The second kappa shape index (κ2) is 5.86. The Bertz CT molecular complexity index is 762. The van der Waals surface area contributed by atoms with Gasteiger partial charge in [-0.15, -0.1) is 11.6 Å². The maximum Gasteiger partial charge on any atom is 0.123 e. The van der Waals surface area contributed by atoms with Crippen LogP contribution in [-0.2, 0) is 13.0 Å². The molecule has 2 aromatic carbocycles. The molecule has 0 spiro atoms. The lowest BCUT2D eigenvalue weighted by Gasteiger charge is -2.09. The molecule has 0 amide bonds. The lowest BCUT2D eigenvalue weighted by Crippen LogP contribution is -2.06. The topological polar surface area (TPSA) is 17.8 Å². The standard InChI is InChI=1S/C17H16ClFN2/c1-12-3-2-4-15-17(12)20-16(9-10-18)21(15)11-13-5-7-14(19)8-6-13/h2-8H,9-11H2,1H3. The first-order valence-electron chi connectivity index (χ1n) is 6.94. The van der Waals surface area contributed by atoms with Crippen molar-refractivity contribution < 1.29 is 4.39 Å². The van der Waals surface area contributed by atoms with Crippen LogP contribution in [-0.4, -0.2) is 15.4 Å². The number of imidazole rings is 1. The Balaban J connectivity index is 2.08. The SMILES string of the molecule is Cc1cccc2c1nc(CCCl)n2Cc1ccc(F)cc1. The highest BCUT2D eigenvalue weighted by atomic mass is 35.5. The van der Waals surface area contributed by atoms with Gasteiger partial charge < -0.3 is 4.57 Å². The monoisotopic (exact) mass is 302 g/mol. The smallest absolute Gasteiger partial charge is 0.123 e. The van der Waals surface area contributed by atoms with Crippen molar-refractivity contribution in [2.75, 3.05) is 5.88 Å². The van der Waals surface area contributed by atoms with Crippen LogP contribution in [0.15, 0.2) is 42.5 Å². The van der Waals surface area contributed by atoms with Gasteiger partial charge >= 0.3 is 0 Å². The number of aromatic nitrogens is 2. The van der Waals surface area contributed by atoms with Crippen LogP contribution in [0.2, 0.25) is 0 Å². The summed E-state index contributed by atoms with van der Waals surface area (Å²) in [6.45, 7) is 2.73. The molecule has 0 atom stereocenters. The van der Waals surface area contributed by atoms with E-state index in [9.17, 15) is 4.39 Å². The molecule has 0 radical (unpaired) electrons. The fourth-order valence-corrected chi connectivity index (χ4v) is 2.73. The number of benzene rings is 2. The van der Waals surface area contributed by atoms with Crippen molar-refractivity contribution >= 4 is 22.6 Å². The quantitative estimate of drug-likeness (QED) is 0.657. The average Bonchev–Trinajstić information content (AvgIpc) is 2.82. The number of aryl methyl sites for hydroxylation is 2. The van der Waals surface area contributed by atoms with Gasteiger partial charge in [0.05, 0.1) is 11.0 Å². The number of alkyl halides is 1. The van der Waals surface area contributed by atoms with Crippen LogP contribution in [0.1, 0.15) is 17.0 Å². The molecule has 4 heteroatoms. The minimum absolute atomic E-state index is 0.217. The molecule has 21 heavy (non-hydrogen) atoms. The van der Waals surface area contributed by atoms with E-state index in [0.29, 0.717) is 12.4 Å².